The average molecular weight is 320 g/mol. The number of nitrogens with zero attached hydrogens (tertiary/aromatic N) is 2. The molecule has 5 heteroatoms. The van der Waals surface area contributed by atoms with Gasteiger partial charge in [-0.25, -0.2) is 4.39 Å². The van der Waals surface area contributed by atoms with Gasteiger partial charge in [-0.05, 0) is 44.5 Å². The van der Waals surface area contributed by atoms with Gasteiger partial charge in [0, 0.05) is 6.54 Å². The molecular weight excluding hydrogens is 295 g/mol. The van der Waals surface area contributed by atoms with E-state index in [-0.39, 0.29) is 23.7 Å². The predicted molar refractivity (Wildman–Crippen MR) is 86.6 cm³/mol. The Hall–Kier alpha value is -1.46. The summed E-state index contributed by atoms with van der Waals surface area (Å²) in [5.74, 6) is 0.259. The highest BCUT2D eigenvalue weighted by Gasteiger charge is 2.48. The van der Waals surface area contributed by atoms with Crippen LogP contribution < -0.4 is 0 Å². The molecule has 1 aromatic rings. The van der Waals surface area contributed by atoms with Gasteiger partial charge in [-0.2, -0.15) is 0 Å². The second-order valence-electron chi connectivity index (χ2n) is 7.18. The first-order valence-corrected chi connectivity index (χ1v) is 8.27. The number of hydrogen-bond donors (Lipinski definition) is 0. The summed E-state index contributed by atoms with van der Waals surface area (Å²) in [6.45, 7) is 3.11. The summed E-state index contributed by atoms with van der Waals surface area (Å²) in [6, 6.07) is 6.47. The molecule has 0 saturated carbocycles. The SMILES string of the molecule is CN(C)C[C@H]1CCC2(CN(C(=O)Cc3ccccc3F)C2)OC1. The van der Waals surface area contributed by atoms with Gasteiger partial charge in [0.05, 0.1) is 26.1 Å². The first kappa shape index (κ1) is 16.4. The third-order valence-corrected chi connectivity index (χ3v) is 4.87. The number of carbonyl (C=O) groups excluding carboxylic acids is 1. The third-order valence-electron chi connectivity index (χ3n) is 4.87. The minimum Gasteiger partial charge on any atom is -0.371 e. The van der Waals surface area contributed by atoms with E-state index >= 15 is 0 Å². The molecule has 0 radical (unpaired) electrons. The van der Waals surface area contributed by atoms with Crippen molar-refractivity contribution in [1.82, 2.24) is 9.80 Å². The minimum atomic E-state index is -0.309. The lowest BCUT2D eigenvalue weighted by atomic mass is 9.82. The van der Waals surface area contributed by atoms with Crippen LogP contribution in [-0.2, 0) is 16.0 Å². The van der Waals surface area contributed by atoms with Crippen molar-refractivity contribution in [2.75, 3.05) is 40.3 Å². The molecule has 4 nitrogen and oxygen atoms in total. The Balaban J connectivity index is 1.48. The smallest absolute Gasteiger partial charge is 0.227 e. The van der Waals surface area contributed by atoms with E-state index in [1.807, 2.05) is 0 Å². The molecular formula is C18H25FN2O2. The van der Waals surface area contributed by atoms with E-state index in [2.05, 4.69) is 19.0 Å². The van der Waals surface area contributed by atoms with Crippen molar-refractivity contribution >= 4 is 5.91 Å². The number of likely N-dealkylation sites (tertiary alicyclic amines) is 1. The molecule has 2 aliphatic rings. The molecule has 126 valence electrons. The van der Waals surface area contributed by atoms with Gasteiger partial charge in [0.2, 0.25) is 5.91 Å². The zero-order chi connectivity index (χ0) is 16.4. The number of benzene rings is 1. The quantitative estimate of drug-likeness (QED) is 0.850. The van der Waals surface area contributed by atoms with Crippen LogP contribution in [0.2, 0.25) is 0 Å². The zero-order valence-corrected chi connectivity index (χ0v) is 13.9. The Kier molecular flexibility index (Phi) is 4.69. The molecule has 23 heavy (non-hydrogen) atoms. The Labute approximate surface area is 137 Å². The maximum atomic E-state index is 13.6. The number of ether oxygens (including phenoxy) is 1. The summed E-state index contributed by atoms with van der Waals surface area (Å²) >= 11 is 0. The Morgan fingerprint density at radius 3 is 2.74 bits per heavy atom. The second-order valence-corrected chi connectivity index (χ2v) is 7.18. The van der Waals surface area contributed by atoms with E-state index in [1.54, 1.807) is 23.1 Å². The Morgan fingerprint density at radius 2 is 2.13 bits per heavy atom. The van der Waals surface area contributed by atoms with Gasteiger partial charge in [0.15, 0.2) is 0 Å². The van der Waals surface area contributed by atoms with Crippen LogP contribution in [0, 0.1) is 11.7 Å². The normalized spacial score (nSPS) is 23.1. The van der Waals surface area contributed by atoms with Crippen molar-refractivity contribution in [2.24, 2.45) is 5.92 Å². The van der Waals surface area contributed by atoms with Gasteiger partial charge in [0.25, 0.3) is 0 Å². The molecule has 1 atom stereocenters. The predicted octanol–water partition coefficient (Wildman–Crippen LogP) is 1.94. The fourth-order valence-corrected chi connectivity index (χ4v) is 3.57. The molecule has 0 N–H and O–H groups in total. The fraction of sp³-hybridized carbons (Fsp3) is 0.611. The number of hydrogen-bond acceptors (Lipinski definition) is 3. The molecule has 1 aromatic carbocycles. The molecule has 2 fully saturated rings. The van der Waals surface area contributed by atoms with Gasteiger partial charge in [-0.1, -0.05) is 18.2 Å². The number of amides is 1. The van der Waals surface area contributed by atoms with Crippen LogP contribution in [0.15, 0.2) is 24.3 Å². The highest BCUT2D eigenvalue weighted by molar-refractivity contribution is 5.80. The molecule has 1 spiro atoms. The molecule has 0 unspecified atom stereocenters. The summed E-state index contributed by atoms with van der Waals surface area (Å²) in [5.41, 5.74) is 0.322. The zero-order valence-electron chi connectivity index (χ0n) is 13.9. The van der Waals surface area contributed by atoms with E-state index < -0.39 is 0 Å². The third kappa shape index (κ3) is 3.72. The minimum absolute atomic E-state index is 0.0141. The molecule has 2 heterocycles. The van der Waals surface area contributed by atoms with Crippen molar-refractivity contribution in [3.05, 3.63) is 35.6 Å². The molecule has 3 rings (SSSR count). The molecule has 0 aromatic heterocycles. The van der Waals surface area contributed by atoms with Gasteiger partial charge in [-0.15, -0.1) is 0 Å². The monoisotopic (exact) mass is 320 g/mol. The lowest BCUT2D eigenvalue weighted by molar-refractivity contribution is -0.189. The lowest BCUT2D eigenvalue weighted by Gasteiger charge is -2.53. The fourth-order valence-electron chi connectivity index (χ4n) is 3.57. The Morgan fingerprint density at radius 1 is 1.39 bits per heavy atom. The maximum absolute atomic E-state index is 13.6. The van der Waals surface area contributed by atoms with Crippen LogP contribution in [-0.4, -0.2) is 61.6 Å². The van der Waals surface area contributed by atoms with Gasteiger partial charge in [-0.3, -0.25) is 4.79 Å². The average Bonchev–Trinajstić information content (AvgIpc) is 2.47. The topological polar surface area (TPSA) is 32.8 Å². The van der Waals surface area contributed by atoms with E-state index in [1.165, 1.54) is 6.07 Å². The van der Waals surface area contributed by atoms with Crippen molar-refractivity contribution in [2.45, 2.75) is 24.9 Å². The number of carbonyl (C=O) groups is 1. The van der Waals surface area contributed by atoms with Crippen LogP contribution in [0.25, 0.3) is 0 Å². The standard InChI is InChI=1S/C18H25FN2O2/c1-20(2)10-14-7-8-18(23-11-14)12-21(13-18)17(22)9-15-5-3-4-6-16(15)19/h3-6,14H,7-13H2,1-2H3/t14-/m1/s1. The molecule has 2 aliphatic heterocycles. The highest BCUT2D eigenvalue weighted by atomic mass is 19.1. The van der Waals surface area contributed by atoms with E-state index in [4.69, 9.17) is 4.74 Å². The summed E-state index contributed by atoms with van der Waals surface area (Å²) in [4.78, 5) is 16.3. The van der Waals surface area contributed by atoms with Crippen molar-refractivity contribution < 1.29 is 13.9 Å². The number of rotatable bonds is 4. The van der Waals surface area contributed by atoms with Crippen LogP contribution in [0.1, 0.15) is 18.4 Å². The van der Waals surface area contributed by atoms with Gasteiger partial charge >= 0.3 is 0 Å². The molecule has 0 bridgehead atoms. The first-order chi connectivity index (χ1) is 11.0. The summed E-state index contributed by atoms with van der Waals surface area (Å²) in [6.07, 6.45) is 2.29. The molecule has 1 amide bonds. The van der Waals surface area contributed by atoms with Crippen LogP contribution in [0.3, 0.4) is 0 Å². The summed E-state index contributed by atoms with van der Waals surface area (Å²) in [7, 11) is 4.16. The summed E-state index contributed by atoms with van der Waals surface area (Å²) in [5, 5.41) is 0. The largest absolute Gasteiger partial charge is 0.371 e. The van der Waals surface area contributed by atoms with Gasteiger partial charge in [0.1, 0.15) is 11.4 Å². The Bertz CT molecular complexity index is 560. The van der Waals surface area contributed by atoms with Gasteiger partial charge < -0.3 is 14.5 Å². The molecule has 2 saturated heterocycles. The van der Waals surface area contributed by atoms with Crippen LogP contribution >= 0.6 is 0 Å². The van der Waals surface area contributed by atoms with Crippen molar-refractivity contribution in [3.8, 4) is 0 Å². The van der Waals surface area contributed by atoms with E-state index in [0.717, 1.165) is 26.0 Å². The van der Waals surface area contributed by atoms with Crippen LogP contribution in [0.5, 0.6) is 0 Å². The summed E-state index contributed by atoms with van der Waals surface area (Å²) < 4.78 is 19.7. The molecule has 0 aliphatic carbocycles. The van der Waals surface area contributed by atoms with Crippen LogP contribution in [0.4, 0.5) is 4.39 Å². The maximum Gasteiger partial charge on any atom is 0.227 e. The van der Waals surface area contributed by atoms with E-state index in [9.17, 15) is 9.18 Å². The lowest BCUT2D eigenvalue weighted by Crippen LogP contribution is -2.66. The van der Waals surface area contributed by atoms with Crippen molar-refractivity contribution in [3.63, 3.8) is 0 Å². The highest BCUT2D eigenvalue weighted by Crippen LogP contribution is 2.36. The van der Waals surface area contributed by atoms with E-state index in [0.29, 0.717) is 24.6 Å². The first-order valence-electron chi connectivity index (χ1n) is 8.27. The van der Waals surface area contributed by atoms with Crippen molar-refractivity contribution in [1.29, 1.82) is 0 Å². The second kappa shape index (κ2) is 6.57. The number of halogens is 1.